The summed E-state index contributed by atoms with van der Waals surface area (Å²) in [5.41, 5.74) is 0.637. The minimum Gasteiger partial charge on any atom is -0.423 e. The van der Waals surface area contributed by atoms with E-state index in [9.17, 15) is 9.18 Å². The van der Waals surface area contributed by atoms with Gasteiger partial charge in [0.15, 0.2) is 0 Å². The first-order valence-electron chi connectivity index (χ1n) is 6.12. The zero-order valence-corrected chi connectivity index (χ0v) is 11.9. The van der Waals surface area contributed by atoms with Gasteiger partial charge in [0.05, 0.1) is 5.56 Å². The summed E-state index contributed by atoms with van der Waals surface area (Å²) in [5, 5.41) is 21.1. The summed E-state index contributed by atoms with van der Waals surface area (Å²) in [4.78, 5) is 12.0. The fourth-order valence-corrected chi connectivity index (χ4v) is 1.97. The minimum absolute atomic E-state index is 0.280. The third kappa shape index (κ3) is 3.42. The van der Waals surface area contributed by atoms with Crippen molar-refractivity contribution in [2.24, 2.45) is 0 Å². The average molecular weight is 308 g/mol. The van der Waals surface area contributed by atoms with E-state index >= 15 is 0 Å². The van der Waals surface area contributed by atoms with Crippen molar-refractivity contribution in [1.29, 1.82) is 0 Å². The highest BCUT2D eigenvalue weighted by molar-refractivity contribution is 6.58. The van der Waals surface area contributed by atoms with Crippen LogP contribution in [0.15, 0.2) is 36.4 Å². The second-order valence-electron chi connectivity index (χ2n) is 4.50. The molecule has 0 saturated heterocycles. The molecule has 2 aromatic carbocycles. The predicted molar refractivity (Wildman–Crippen MR) is 80.4 cm³/mol. The lowest BCUT2D eigenvalue weighted by atomic mass is 9.79. The molecule has 0 unspecified atom stereocenters. The molecule has 4 nitrogen and oxygen atoms in total. The first-order valence-corrected chi connectivity index (χ1v) is 6.50. The quantitative estimate of drug-likeness (QED) is 0.756. The van der Waals surface area contributed by atoms with Gasteiger partial charge in [0.1, 0.15) is 5.82 Å². The van der Waals surface area contributed by atoms with Gasteiger partial charge in [-0.3, -0.25) is 4.79 Å². The first-order chi connectivity index (χ1) is 9.90. The third-order valence-electron chi connectivity index (χ3n) is 2.98. The van der Waals surface area contributed by atoms with E-state index in [1.807, 2.05) is 6.92 Å². The number of carbonyl (C=O) groups is 1. The van der Waals surface area contributed by atoms with E-state index in [0.717, 1.165) is 5.56 Å². The van der Waals surface area contributed by atoms with Crippen LogP contribution in [0.3, 0.4) is 0 Å². The standard InChI is InChI=1S/C14H12BClFNO3/c1-8-5-6-9(7-12(8)16)18-14(19)10-3-2-4-11(13(10)17)15(20)21/h2-7,20-21H,1H3,(H,18,19). The molecule has 1 amide bonds. The number of benzene rings is 2. The van der Waals surface area contributed by atoms with E-state index in [1.165, 1.54) is 18.2 Å². The summed E-state index contributed by atoms with van der Waals surface area (Å²) < 4.78 is 14.0. The Kier molecular flexibility index (Phi) is 4.62. The Bertz CT molecular complexity index is 694. The van der Waals surface area contributed by atoms with Gasteiger partial charge in [-0.25, -0.2) is 4.39 Å². The van der Waals surface area contributed by atoms with Gasteiger partial charge in [0, 0.05) is 16.2 Å². The molecule has 7 heteroatoms. The Morgan fingerprint density at radius 1 is 1.29 bits per heavy atom. The average Bonchev–Trinajstić information content (AvgIpc) is 2.42. The summed E-state index contributed by atoms with van der Waals surface area (Å²) in [7, 11) is -1.98. The number of amides is 1. The molecule has 0 atom stereocenters. The zero-order chi connectivity index (χ0) is 15.6. The topological polar surface area (TPSA) is 69.6 Å². The van der Waals surface area contributed by atoms with Gasteiger partial charge in [0.25, 0.3) is 5.91 Å². The Hall–Kier alpha value is -1.89. The molecular formula is C14H12BClFNO3. The number of anilines is 1. The van der Waals surface area contributed by atoms with E-state index in [-0.39, 0.29) is 11.0 Å². The molecule has 0 spiro atoms. The summed E-state index contributed by atoms with van der Waals surface area (Å²) in [6.07, 6.45) is 0. The Morgan fingerprint density at radius 3 is 2.62 bits per heavy atom. The summed E-state index contributed by atoms with van der Waals surface area (Å²) in [6.45, 7) is 1.82. The molecule has 0 aromatic heterocycles. The number of hydrogen-bond acceptors (Lipinski definition) is 3. The molecule has 0 bridgehead atoms. The molecule has 0 fully saturated rings. The van der Waals surface area contributed by atoms with Crippen LogP contribution in [0.5, 0.6) is 0 Å². The molecule has 0 heterocycles. The van der Waals surface area contributed by atoms with Gasteiger partial charge >= 0.3 is 7.12 Å². The Labute approximate surface area is 126 Å². The number of carbonyl (C=O) groups excluding carboxylic acids is 1. The molecule has 2 aromatic rings. The number of aryl methyl sites for hydroxylation is 1. The molecule has 3 N–H and O–H groups in total. The van der Waals surface area contributed by atoms with E-state index in [0.29, 0.717) is 10.7 Å². The normalized spacial score (nSPS) is 10.3. The second kappa shape index (κ2) is 6.26. The molecule has 0 radical (unpaired) electrons. The SMILES string of the molecule is Cc1ccc(NC(=O)c2cccc(B(O)O)c2F)cc1Cl. The number of hydrogen-bond donors (Lipinski definition) is 3. The van der Waals surface area contributed by atoms with Crippen molar-refractivity contribution in [3.05, 3.63) is 58.4 Å². The lowest BCUT2D eigenvalue weighted by Crippen LogP contribution is -2.34. The molecule has 0 aliphatic carbocycles. The molecule has 0 aliphatic rings. The smallest absolute Gasteiger partial charge is 0.423 e. The highest BCUT2D eigenvalue weighted by Crippen LogP contribution is 2.20. The fourth-order valence-electron chi connectivity index (χ4n) is 1.79. The number of nitrogens with one attached hydrogen (secondary N) is 1. The van der Waals surface area contributed by atoms with Gasteiger partial charge in [-0.1, -0.05) is 29.8 Å². The van der Waals surface area contributed by atoms with Gasteiger partial charge in [-0.05, 0) is 30.7 Å². The highest BCUT2D eigenvalue weighted by Gasteiger charge is 2.21. The monoisotopic (exact) mass is 307 g/mol. The van der Waals surface area contributed by atoms with Gasteiger partial charge in [-0.15, -0.1) is 0 Å². The van der Waals surface area contributed by atoms with Crippen molar-refractivity contribution in [3.63, 3.8) is 0 Å². The highest BCUT2D eigenvalue weighted by atomic mass is 35.5. The van der Waals surface area contributed by atoms with Crippen LogP contribution in [-0.4, -0.2) is 23.1 Å². The van der Waals surface area contributed by atoms with Crippen LogP contribution < -0.4 is 10.8 Å². The van der Waals surface area contributed by atoms with Crippen molar-refractivity contribution in [1.82, 2.24) is 0 Å². The minimum atomic E-state index is -1.98. The van der Waals surface area contributed by atoms with Crippen LogP contribution in [0.4, 0.5) is 10.1 Å². The zero-order valence-electron chi connectivity index (χ0n) is 11.1. The van der Waals surface area contributed by atoms with E-state index in [2.05, 4.69) is 5.32 Å². The molecule has 0 aliphatic heterocycles. The maximum absolute atomic E-state index is 14.0. The lowest BCUT2D eigenvalue weighted by molar-refractivity contribution is 0.102. The number of rotatable bonds is 3. The molecule has 2 rings (SSSR count). The number of halogens is 2. The molecule has 108 valence electrons. The lowest BCUT2D eigenvalue weighted by Gasteiger charge is -2.09. The van der Waals surface area contributed by atoms with Crippen molar-refractivity contribution >= 4 is 35.8 Å². The van der Waals surface area contributed by atoms with Crippen LogP contribution in [0.2, 0.25) is 5.02 Å². The van der Waals surface area contributed by atoms with Crippen LogP contribution >= 0.6 is 11.6 Å². The molecular weight excluding hydrogens is 295 g/mol. The second-order valence-corrected chi connectivity index (χ2v) is 4.91. The maximum Gasteiger partial charge on any atom is 0.491 e. The van der Waals surface area contributed by atoms with Crippen molar-refractivity contribution in [2.75, 3.05) is 5.32 Å². The molecule has 21 heavy (non-hydrogen) atoms. The Balaban J connectivity index is 2.28. The predicted octanol–water partition coefficient (Wildman–Crippen LogP) is 1.72. The summed E-state index contributed by atoms with van der Waals surface area (Å²) >= 11 is 5.95. The van der Waals surface area contributed by atoms with Crippen molar-refractivity contribution in [3.8, 4) is 0 Å². The van der Waals surface area contributed by atoms with Gasteiger partial charge in [-0.2, -0.15) is 0 Å². The van der Waals surface area contributed by atoms with Crippen LogP contribution in [-0.2, 0) is 0 Å². The summed E-state index contributed by atoms with van der Waals surface area (Å²) in [5.74, 6) is -1.67. The van der Waals surface area contributed by atoms with Crippen LogP contribution in [0.1, 0.15) is 15.9 Å². The summed E-state index contributed by atoms with van der Waals surface area (Å²) in [6, 6.07) is 8.74. The third-order valence-corrected chi connectivity index (χ3v) is 3.39. The Morgan fingerprint density at radius 2 is 2.00 bits per heavy atom. The maximum atomic E-state index is 14.0. The van der Waals surface area contributed by atoms with E-state index in [4.69, 9.17) is 21.6 Å². The van der Waals surface area contributed by atoms with E-state index < -0.39 is 18.8 Å². The largest absolute Gasteiger partial charge is 0.491 e. The van der Waals surface area contributed by atoms with Gasteiger partial charge < -0.3 is 15.4 Å². The fraction of sp³-hybridized carbons (Fsp3) is 0.0714. The molecule has 0 saturated carbocycles. The van der Waals surface area contributed by atoms with Crippen molar-refractivity contribution in [2.45, 2.75) is 6.92 Å². The first kappa shape index (κ1) is 15.5. The van der Waals surface area contributed by atoms with Crippen LogP contribution in [0.25, 0.3) is 0 Å². The van der Waals surface area contributed by atoms with Crippen molar-refractivity contribution < 1.29 is 19.2 Å². The van der Waals surface area contributed by atoms with Gasteiger partial charge in [0.2, 0.25) is 0 Å². The van der Waals surface area contributed by atoms with Crippen LogP contribution in [0, 0.1) is 12.7 Å². The van der Waals surface area contributed by atoms with E-state index in [1.54, 1.807) is 18.2 Å².